The molecule has 4 heteroatoms. The third-order valence-electron chi connectivity index (χ3n) is 1.11. The number of hydrogen-bond acceptors (Lipinski definition) is 2. The molecule has 0 bridgehead atoms. The quantitative estimate of drug-likeness (QED) is 0.646. The Morgan fingerprint density at radius 1 is 1.60 bits per heavy atom. The number of hydrogen-bond donors (Lipinski definition) is 0. The fourth-order valence-electron chi connectivity index (χ4n) is 0.644. The van der Waals surface area contributed by atoms with Crippen LogP contribution < -0.4 is 0 Å². The maximum atomic E-state index is 12.4. The summed E-state index contributed by atoms with van der Waals surface area (Å²) in [5.74, 6) is 0.259. The van der Waals surface area contributed by atoms with E-state index < -0.39 is 5.26 Å². The molecule has 0 unspecified atom stereocenters. The molecule has 0 atom stereocenters. The molecule has 1 nitrogen and oxygen atoms in total. The van der Waals surface area contributed by atoms with Crippen molar-refractivity contribution in [1.29, 1.82) is 0 Å². The van der Waals surface area contributed by atoms with Gasteiger partial charge in [-0.3, -0.25) is 0 Å². The van der Waals surface area contributed by atoms with E-state index in [-0.39, 0.29) is 5.92 Å². The van der Waals surface area contributed by atoms with Gasteiger partial charge in [0.05, 0.1) is 0 Å². The van der Waals surface area contributed by atoms with Crippen molar-refractivity contribution in [3.63, 3.8) is 0 Å². The van der Waals surface area contributed by atoms with E-state index in [2.05, 4.69) is 4.98 Å². The topological polar surface area (TPSA) is 12.9 Å². The molecule has 1 rings (SSSR count). The summed E-state index contributed by atoms with van der Waals surface area (Å²) in [7, 11) is 0. The van der Waals surface area contributed by atoms with E-state index in [0.29, 0.717) is 5.15 Å². The summed E-state index contributed by atoms with van der Waals surface area (Å²) in [5, 5.41) is -0.147. The molecule has 0 radical (unpaired) electrons. The van der Waals surface area contributed by atoms with Gasteiger partial charge in [0.25, 0.3) is 5.26 Å². The number of nitrogens with zero attached hydrogens (tertiary/aromatic N) is 1. The summed E-state index contributed by atoms with van der Waals surface area (Å²) in [5.41, 5.74) is 0. The summed E-state index contributed by atoms with van der Waals surface area (Å²) in [6.07, 6.45) is 0. The third-order valence-corrected chi connectivity index (χ3v) is 2.65. The summed E-state index contributed by atoms with van der Waals surface area (Å²) >= 11 is 6.61. The molecule has 1 heterocycles. The van der Waals surface area contributed by atoms with Crippen LogP contribution in [0.3, 0.4) is 0 Å². The third kappa shape index (κ3) is 1.47. The summed E-state index contributed by atoms with van der Waals surface area (Å²) in [6.45, 7) is 3.91. The zero-order valence-corrected chi connectivity index (χ0v) is 7.26. The van der Waals surface area contributed by atoms with Crippen molar-refractivity contribution in [3.8, 4) is 0 Å². The Bertz CT molecular complexity index is 234. The number of aromatic nitrogens is 1. The van der Waals surface area contributed by atoms with Crippen molar-refractivity contribution >= 4 is 22.9 Å². The van der Waals surface area contributed by atoms with E-state index >= 15 is 0 Å². The van der Waals surface area contributed by atoms with Crippen LogP contribution in [0.4, 0.5) is 4.39 Å². The first-order valence-electron chi connectivity index (χ1n) is 2.93. The minimum atomic E-state index is -0.450. The Hall–Kier alpha value is -0.150. The van der Waals surface area contributed by atoms with E-state index in [4.69, 9.17) is 11.6 Å². The highest BCUT2D eigenvalue weighted by atomic mass is 35.5. The maximum absolute atomic E-state index is 12.4. The van der Waals surface area contributed by atoms with Gasteiger partial charge < -0.3 is 0 Å². The molecule has 0 N–H and O–H groups in total. The Morgan fingerprint density at radius 2 is 2.20 bits per heavy atom. The van der Waals surface area contributed by atoms with Gasteiger partial charge in [-0.15, -0.1) is 0 Å². The number of rotatable bonds is 1. The van der Waals surface area contributed by atoms with Crippen molar-refractivity contribution in [3.05, 3.63) is 15.3 Å². The molecule has 56 valence electrons. The van der Waals surface area contributed by atoms with E-state index in [1.807, 2.05) is 13.8 Å². The highest BCUT2D eigenvalue weighted by Gasteiger charge is 2.11. The number of thiazole rings is 1. The summed E-state index contributed by atoms with van der Waals surface area (Å²) in [6, 6.07) is 0. The number of halogens is 2. The van der Waals surface area contributed by atoms with Gasteiger partial charge in [0.1, 0.15) is 5.15 Å². The Labute approximate surface area is 67.9 Å². The minimum absolute atomic E-state index is 0.259. The molecule has 0 saturated carbocycles. The van der Waals surface area contributed by atoms with Gasteiger partial charge in [-0.1, -0.05) is 36.8 Å². The van der Waals surface area contributed by atoms with E-state index in [1.54, 1.807) is 0 Å². The van der Waals surface area contributed by atoms with Gasteiger partial charge >= 0.3 is 0 Å². The largest absolute Gasteiger partial charge is 0.270 e. The minimum Gasteiger partial charge on any atom is -0.197 e. The van der Waals surface area contributed by atoms with Crippen molar-refractivity contribution in [2.24, 2.45) is 0 Å². The monoisotopic (exact) mass is 179 g/mol. The van der Waals surface area contributed by atoms with Gasteiger partial charge in [0, 0.05) is 4.88 Å². The molecule has 0 amide bonds. The first-order chi connectivity index (χ1) is 4.61. The average molecular weight is 180 g/mol. The van der Waals surface area contributed by atoms with Crippen molar-refractivity contribution < 1.29 is 4.39 Å². The second-order valence-electron chi connectivity index (χ2n) is 2.28. The van der Waals surface area contributed by atoms with E-state index in [1.165, 1.54) is 0 Å². The van der Waals surface area contributed by atoms with Gasteiger partial charge in [0.2, 0.25) is 0 Å². The zero-order chi connectivity index (χ0) is 7.72. The smallest absolute Gasteiger partial charge is 0.197 e. The second-order valence-corrected chi connectivity index (χ2v) is 3.62. The highest BCUT2D eigenvalue weighted by Crippen LogP contribution is 2.28. The van der Waals surface area contributed by atoms with Crippen LogP contribution >= 0.6 is 22.9 Å². The first kappa shape index (κ1) is 7.95. The van der Waals surface area contributed by atoms with Crippen LogP contribution in [0.5, 0.6) is 0 Å². The van der Waals surface area contributed by atoms with Gasteiger partial charge in [-0.25, -0.2) is 0 Å². The van der Waals surface area contributed by atoms with Gasteiger partial charge in [0.15, 0.2) is 0 Å². The Morgan fingerprint density at radius 3 is 2.40 bits per heavy atom. The van der Waals surface area contributed by atoms with Crippen molar-refractivity contribution in [1.82, 2.24) is 4.98 Å². The van der Waals surface area contributed by atoms with E-state index in [9.17, 15) is 4.39 Å². The average Bonchev–Trinajstić information content (AvgIpc) is 2.10. The van der Waals surface area contributed by atoms with Gasteiger partial charge in [-0.05, 0) is 5.92 Å². The lowest BCUT2D eigenvalue weighted by Gasteiger charge is -1.97. The van der Waals surface area contributed by atoms with Crippen molar-refractivity contribution in [2.45, 2.75) is 19.8 Å². The predicted octanol–water partition coefficient (Wildman–Crippen LogP) is 3.06. The molecule has 0 fully saturated rings. The lowest BCUT2D eigenvalue weighted by molar-refractivity contribution is 0.617. The fourth-order valence-corrected chi connectivity index (χ4v) is 1.79. The zero-order valence-electron chi connectivity index (χ0n) is 5.69. The highest BCUT2D eigenvalue weighted by molar-refractivity contribution is 7.10. The molecule has 0 aliphatic carbocycles. The maximum Gasteiger partial charge on any atom is 0.270 e. The van der Waals surface area contributed by atoms with Crippen LogP contribution in [-0.2, 0) is 0 Å². The molecule has 0 aromatic carbocycles. The standard InChI is InChI=1S/C6H7ClFNS/c1-3(2)4-5(7)9-6(8)10-4/h3H,1-2H3. The van der Waals surface area contributed by atoms with Crippen LogP contribution in [0.2, 0.25) is 5.15 Å². The predicted molar refractivity (Wildman–Crippen MR) is 41.2 cm³/mol. The van der Waals surface area contributed by atoms with Crippen LogP contribution in [0, 0.1) is 5.26 Å². The molecule has 1 aromatic rings. The molecule has 1 aromatic heterocycles. The first-order valence-corrected chi connectivity index (χ1v) is 4.12. The summed E-state index contributed by atoms with van der Waals surface area (Å²) < 4.78 is 12.4. The molecule has 10 heavy (non-hydrogen) atoms. The molecule has 0 aliphatic heterocycles. The van der Waals surface area contributed by atoms with Crippen molar-refractivity contribution in [2.75, 3.05) is 0 Å². The van der Waals surface area contributed by atoms with E-state index in [0.717, 1.165) is 16.2 Å². The van der Waals surface area contributed by atoms with Crippen LogP contribution in [0.1, 0.15) is 24.6 Å². The fraction of sp³-hybridized carbons (Fsp3) is 0.500. The molecule has 0 spiro atoms. The molecule has 0 saturated heterocycles. The normalized spacial score (nSPS) is 10.9. The van der Waals surface area contributed by atoms with Crippen LogP contribution in [0.25, 0.3) is 0 Å². The second kappa shape index (κ2) is 2.84. The lowest BCUT2D eigenvalue weighted by atomic mass is 10.2. The van der Waals surface area contributed by atoms with Crippen LogP contribution in [0.15, 0.2) is 0 Å². The molecular weight excluding hydrogens is 173 g/mol. The Kier molecular flexibility index (Phi) is 2.26. The molecular formula is C6H7ClFNS. The summed E-state index contributed by atoms with van der Waals surface area (Å²) in [4.78, 5) is 4.27. The molecule has 0 aliphatic rings. The van der Waals surface area contributed by atoms with Crippen LogP contribution in [-0.4, -0.2) is 4.98 Å². The Balaban J connectivity index is 3.03. The van der Waals surface area contributed by atoms with Gasteiger partial charge in [-0.2, -0.15) is 9.37 Å². The lowest BCUT2D eigenvalue weighted by Crippen LogP contribution is -1.81. The SMILES string of the molecule is CC(C)c1sc(F)nc1Cl.